The number of nitrogens with zero attached hydrogens (tertiary/aromatic N) is 1. The van der Waals surface area contributed by atoms with Crippen molar-refractivity contribution >= 4 is 57.9 Å². The summed E-state index contributed by atoms with van der Waals surface area (Å²) < 4.78 is 13.4. The van der Waals surface area contributed by atoms with Gasteiger partial charge in [0.15, 0.2) is 0 Å². The molecule has 0 spiro atoms. The Morgan fingerprint density at radius 3 is 2.18 bits per heavy atom. The number of imide groups is 1. The second kappa shape index (κ2) is 14.1. The molecule has 1 heterocycles. The van der Waals surface area contributed by atoms with Crippen LogP contribution in [-0.2, 0) is 20.6 Å². The second-order valence-corrected chi connectivity index (χ2v) is 13.8. The number of benzene rings is 3. The average molecular weight is 688 g/mol. The summed E-state index contributed by atoms with van der Waals surface area (Å²) in [6.45, 7) is 3.42. The quantitative estimate of drug-likeness (QED) is 0.135. The van der Waals surface area contributed by atoms with Gasteiger partial charge in [-0.05, 0) is 47.9 Å². The predicted molar refractivity (Wildman–Crippen MR) is 170 cm³/mol. The molecule has 234 valence electrons. The van der Waals surface area contributed by atoms with Gasteiger partial charge in [0, 0.05) is 41.0 Å². The summed E-state index contributed by atoms with van der Waals surface area (Å²) in [6.07, 6.45) is 0.112. The Bertz CT molecular complexity index is 1590. The lowest BCUT2D eigenvalue weighted by Crippen LogP contribution is -2.55. The van der Waals surface area contributed by atoms with Gasteiger partial charge in [0.2, 0.25) is 11.8 Å². The summed E-state index contributed by atoms with van der Waals surface area (Å²) in [5.41, 5.74) is 1.45. The molecule has 1 aliphatic heterocycles. The highest BCUT2D eigenvalue weighted by atomic mass is 79.9. The Morgan fingerprint density at radius 2 is 1.57 bits per heavy atom. The maximum Gasteiger partial charge on any atom is 0.342 e. The van der Waals surface area contributed by atoms with Crippen molar-refractivity contribution in [3.8, 4) is 0 Å². The monoisotopic (exact) mass is 686 g/mol. The lowest BCUT2D eigenvalue weighted by atomic mass is 9.94. The van der Waals surface area contributed by atoms with Gasteiger partial charge in [0.25, 0.3) is 11.8 Å². The van der Waals surface area contributed by atoms with Crippen LogP contribution < -0.4 is 16.0 Å². The van der Waals surface area contributed by atoms with Crippen LogP contribution in [0.5, 0.6) is 0 Å². The first-order valence-corrected chi connectivity index (χ1v) is 16.7. The molecular formula is C31H36BrN4O7P. The lowest BCUT2D eigenvalue weighted by molar-refractivity contribution is -0.130. The van der Waals surface area contributed by atoms with E-state index in [1.165, 1.54) is 7.05 Å². The van der Waals surface area contributed by atoms with Crippen LogP contribution in [-0.4, -0.2) is 69.8 Å². The SMILES string of the molecule is CNC(=O)[C@H](Cc1ccccc1)NC(=O)[C@H](CC(C)C)N[C@H](CCN1C(=O)c2cccc3c(Br)ccc(c23)C1=O)P(=O)(O)O. The molecule has 4 amide bonds. The number of amides is 4. The van der Waals surface area contributed by atoms with Crippen LogP contribution in [0.25, 0.3) is 10.8 Å². The van der Waals surface area contributed by atoms with E-state index in [-0.39, 0.29) is 31.7 Å². The maximum absolute atomic E-state index is 13.5. The van der Waals surface area contributed by atoms with Gasteiger partial charge in [-0.15, -0.1) is 0 Å². The Balaban J connectivity index is 1.54. The maximum atomic E-state index is 13.5. The largest absolute Gasteiger partial charge is 0.357 e. The fourth-order valence-corrected chi connectivity index (χ4v) is 6.66. The first-order chi connectivity index (χ1) is 20.8. The summed E-state index contributed by atoms with van der Waals surface area (Å²) >= 11 is 3.45. The van der Waals surface area contributed by atoms with Gasteiger partial charge in [0.05, 0.1) is 6.04 Å². The number of hydrogen-bond acceptors (Lipinski definition) is 6. The van der Waals surface area contributed by atoms with E-state index in [1.807, 2.05) is 44.2 Å². The third-order valence-electron chi connectivity index (χ3n) is 7.55. The first kappa shape index (κ1) is 33.5. The van der Waals surface area contributed by atoms with Crippen molar-refractivity contribution in [2.24, 2.45) is 5.92 Å². The van der Waals surface area contributed by atoms with E-state index in [0.29, 0.717) is 21.9 Å². The molecule has 0 saturated heterocycles. The number of hydrogen-bond donors (Lipinski definition) is 5. The first-order valence-electron chi connectivity index (χ1n) is 14.3. The molecule has 0 fully saturated rings. The number of likely N-dealkylation sites (N-methyl/N-ethyl adjacent to an activating group) is 1. The fraction of sp³-hybridized carbons (Fsp3) is 0.355. The molecule has 0 unspecified atom stereocenters. The predicted octanol–water partition coefficient (Wildman–Crippen LogP) is 3.57. The van der Waals surface area contributed by atoms with Gasteiger partial charge in [0.1, 0.15) is 11.8 Å². The summed E-state index contributed by atoms with van der Waals surface area (Å²) in [7, 11) is -3.42. The highest BCUT2D eigenvalue weighted by Crippen LogP contribution is 2.42. The second-order valence-electron chi connectivity index (χ2n) is 11.2. The van der Waals surface area contributed by atoms with E-state index in [2.05, 4.69) is 31.9 Å². The van der Waals surface area contributed by atoms with Crippen LogP contribution in [0.2, 0.25) is 0 Å². The third kappa shape index (κ3) is 7.62. The van der Waals surface area contributed by atoms with Crippen LogP contribution in [0.4, 0.5) is 0 Å². The number of rotatable bonds is 13. The highest BCUT2D eigenvalue weighted by Gasteiger charge is 2.38. The summed E-state index contributed by atoms with van der Waals surface area (Å²) in [5.74, 6) is -3.75. The molecule has 3 aromatic carbocycles. The van der Waals surface area contributed by atoms with E-state index in [0.717, 1.165) is 14.9 Å². The number of carbonyl (C=O) groups is 4. The van der Waals surface area contributed by atoms with Crippen molar-refractivity contribution in [3.63, 3.8) is 0 Å². The Morgan fingerprint density at radius 1 is 0.909 bits per heavy atom. The van der Waals surface area contributed by atoms with Crippen molar-refractivity contribution in [1.82, 2.24) is 20.9 Å². The van der Waals surface area contributed by atoms with Crippen LogP contribution >= 0.6 is 23.5 Å². The zero-order chi connectivity index (χ0) is 32.2. The van der Waals surface area contributed by atoms with E-state index >= 15 is 0 Å². The van der Waals surface area contributed by atoms with Gasteiger partial charge >= 0.3 is 7.60 Å². The number of nitrogens with one attached hydrogen (secondary N) is 3. The van der Waals surface area contributed by atoms with Crippen LogP contribution in [0.3, 0.4) is 0 Å². The minimum atomic E-state index is -4.88. The molecule has 11 nitrogen and oxygen atoms in total. The topological polar surface area (TPSA) is 165 Å². The third-order valence-corrected chi connectivity index (χ3v) is 9.46. The molecule has 13 heteroatoms. The Kier molecular flexibility index (Phi) is 10.8. The number of halogens is 1. The van der Waals surface area contributed by atoms with Crippen LogP contribution in [0.15, 0.2) is 65.1 Å². The van der Waals surface area contributed by atoms with Crippen LogP contribution in [0, 0.1) is 5.92 Å². The minimum absolute atomic E-state index is 0.0511. The van der Waals surface area contributed by atoms with Crippen molar-refractivity contribution in [1.29, 1.82) is 0 Å². The summed E-state index contributed by atoms with van der Waals surface area (Å²) in [5, 5.41) is 9.32. The Hall–Kier alpha value is -3.41. The highest BCUT2D eigenvalue weighted by molar-refractivity contribution is 9.10. The van der Waals surface area contributed by atoms with E-state index in [4.69, 9.17) is 0 Å². The van der Waals surface area contributed by atoms with Crippen molar-refractivity contribution < 1.29 is 33.5 Å². The summed E-state index contributed by atoms with van der Waals surface area (Å²) in [6, 6.07) is 15.6. The van der Waals surface area contributed by atoms with Gasteiger partial charge < -0.3 is 20.4 Å². The molecule has 3 aromatic rings. The van der Waals surface area contributed by atoms with Gasteiger partial charge in [-0.1, -0.05) is 72.2 Å². The summed E-state index contributed by atoms with van der Waals surface area (Å²) in [4.78, 5) is 74.5. The molecule has 0 aliphatic carbocycles. The standard InChI is InChI=1S/C31H36BrN4O7P/c1-18(2)16-24(29(38)35-25(28(37)33-3)17-19-8-5-4-6-9-19)34-26(44(41,42)43)14-15-36-30(39)21-11-7-10-20-23(32)13-12-22(27(20)21)31(36)40/h4-13,18,24-26,34H,14-17H2,1-3H3,(H,33,37)(H,35,38)(H2,41,42,43)/t24-,25-,26-/m0/s1. The lowest BCUT2D eigenvalue weighted by Gasteiger charge is -2.31. The zero-order valence-electron chi connectivity index (χ0n) is 24.6. The van der Waals surface area contributed by atoms with E-state index < -0.39 is 49.1 Å². The molecule has 44 heavy (non-hydrogen) atoms. The average Bonchev–Trinajstić information content (AvgIpc) is 2.98. The zero-order valence-corrected chi connectivity index (χ0v) is 27.1. The number of carbonyl (C=O) groups excluding carboxylic acids is 4. The molecule has 1 aliphatic rings. The van der Waals surface area contributed by atoms with Gasteiger partial charge in [-0.3, -0.25) is 34.0 Å². The molecule has 3 atom stereocenters. The van der Waals surface area contributed by atoms with Gasteiger partial charge in [-0.25, -0.2) is 0 Å². The molecule has 0 saturated carbocycles. The molecule has 0 aromatic heterocycles. The fourth-order valence-electron chi connectivity index (χ4n) is 5.37. The molecular weight excluding hydrogens is 651 g/mol. The molecule has 0 bridgehead atoms. The molecule has 5 N–H and O–H groups in total. The van der Waals surface area contributed by atoms with Crippen molar-refractivity contribution in [2.45, 2.75) is 51.0 Å². The van der Waals surface area contributed by atoms with Crippen molar-refractivity contribution in [3.05, 3.63) is 81.8 Å². The normalized spacial score (nSPS) is 15.3. The van der Waals surface area contributed by atoms with Gasteiger partial charge in [-0.2, -0.15) is 0 Å². The minimum Gasteiger partial charge on any atom is -0.357 e. The molecule has 4 rings (SSSR count). The van der Waals surface area contributed by atoms with Crippen LogP contribution in [0.1, 0.15) is 53.0 Å². The smallest absolute Gasteiger partial charge is 0.342 e. The van der Waals surface area contributed by atoms with Crippen molar-refractivity contribution in [2.75, 3.05) is 13.6 Å². The van der Waals surface area contributed by atoms with E-state index in [9.17, 15) is 33.5 Å². The molecule has 0 radical (unpaired) electrons. The Labute approximate surface area is 264 Å². The van der Waals surface area contributed by atoms with E-state index in [1.54, 1.807) is 30.3 Å².